The summed E-state index contributed by atoms with van der Waals surface area (Å²) in [7, 11) is 0. The van der Waals surface area contributed by atoms with Gasteiger partial charge in [0.25, 0.3) is 0 Å². The summed E-state index contributed by atoms with van der Waals surface area (Å²) in [6, 6.07) is 59.4. The fourth-order valence-corrected chi connectivity index (χ4v) is 8.95. The standard InChI is InChI=1S/C49H31N5/c1-2-11-35(12-3-1)53-44-16-8-6-14-38(44)40-26-32(20-24-46(40)53)33-21-25-47-41(27-33)39-15-7-9-17-45(39)54(47)36-22-18-31(19-23-36)49-51-43-29-50-28-42-37-13-5-4-10-34(37)30-52(49)48(42)43/h1-29H,30H2. The molecule has 11 aromatic rings. The molecule has 0 saturated heterocycles. The van der Waals surface area contributed by atoms with Gasteiger partial charge in [-0.05, 0) is 95.1 Å². The Labute approximate surface area is 310 Å². The number of hydrogen-bond donors (Lipinski definition) is 0. The van der Waals surface area contributed by atoms with E-state index in [0.29, 0.717) is 0 Å². The van der Waals surface area contributed by atoms with E-state index >= 15 is 0 Å². The van der Waals surface area contributed by atoms with E-state index in [0.717, 1.165) is 40.2 Å². The summed E-state index contributed by atoms with van der Waals surface area (Å²) in [6.07, 6.45) is 3.86. The molecule has 0 N–H and O–H groups in total. The second kappa shape index (κ2) is 11.1. The molecule has 54 heavy (non-hydrogen) atoms. The van der Waals surface area contributed by atoms with Crippen LogP contribution in [0.15, 0.2) is 176 Å². The first-order chi connectivity index (χ1) is 26.8. The molecule has 5 heteroatoms. The molecule has 0 aliphatic carbocycles. The molecule has 0 radical (unpaired) electrons. The summed E-state index contributed by atoms with van der Waals surface area (Å²) >= 11 is 0. The van der Waals surface area contributed by atoms with Crippen LogP contribution in [-0.2, 0) is 6.54 Å². The van der Waals surface area contributed by atoms with Gasteiger partial charge in [0.05, 0.1) is 40.3 Å². The van der Waals surface area contributed by atoms with Crippen LogP contribution in [0.4, 0.5) is 0 Å². The average molecular weight is 690 g/mol. The number of rotatable bonds is 4. The Morgan fingerprint density at radius 1 is 0.426 bits per heavy atom. The van der Waals surface area contributed by atoms with Gasteiger partial charge in [-0.3, -0.25) is 4.98 Å². The molecule has 4 aromatic heterocycles. The highest BCUT2D eigenvalue weighted by atomic mass is 15.1. The Bertz CT molecular complexity index is 3290. The molecule has 0 saturated carbocycles. The normalized spacial score (nSPS) is 12.4. The molecule has 1 aliphatic rings. The Kier molecular flexibility index (Phi) is 6.05. The van der Waals surface area contributed by atoms with Gasteiger partial charge in [0.2, 0.25) is 0 Å². The van der Waals surface area contributed by atoms with Crippen LogP contribution in [0.5, 0.6) is 0 Å². The lowest BCUT2D eigenvalue weighted by Crippen LogP contribution is -2.09. The van der Waals surface area contributed by atoms with E-state index in [1.54, 1.807) is 0 Å². The quantitative estimate of drug-likeness (QED) is 0.185. The maximum absolute atomic E-state index is 5.11. The summed E-state index contributed by atoms with van der Waals surface area (Å²) in [4.78, 5) is 9.67. The van der Waals surface area contributed by atoms with Crippen LogP contribution in [0.3, 0.4) is 0 Å². The minimum atomic E-state index is 0.790. The summed E-state index contributed by atoms with van der Waals surface area (Å²) < 4.78 is 7.11. The highest BCUT2D eigenvalue weighted by molar-refractivity contribution is 6.12. The third-order valence-corrected chi connectivity index (χ3v) is 11.4. The van der Waals surface area contributed by atoms with Crippen molar-refractivity contribution in [2.24, 2.45) is 0 Å². The van der Waals surface area contributed by atoms with Crippen molar-refractivity contribution in [3.05, 3.63) is 182 Å². The van der Waals surface area contributed by atoms with E-state index < -0.39 is 0 Å². The third-order valence-electron chi connectivity index (χ3n) is 11.4. The second-order valence-electron chi connectivity index (χ2n) is 14.3. The van der Waals surface area contributed by atoms with Crippen molar-refractivity contribution in [3.8, 4) is 45.0 Å². The molecule has 0 unspecified atom stereocenters. The van der Waals surface area contributed by atoms with Crippen molar-refractivity contribution in [2.45, 2.75) is 6.54 Å². The highest BCUT2D eigenvalue weighted by Gasteiger charge is 2.23. The lowest BCUT2D eigenvalue weighted by Gasteiger charge is -2.20. The largest absolute Gasteiger partial charge is 0.319 e. The number of pyridine rings is 1. The van der Waals surface area contributed by atoms with Gasteiger partial charge in [-0.2, -0.15) is 0 Å². The van der Waals surface area contributed by atoms with Crippen molar-refractivity contribution in [2.75, 3.05) is 0 Å². The van der Waals surface area contributed by atoms with Crippen molar-refractivity contribution in [1.29, 1.82) is 0 Å². The lowest BCUT2D eigenvalue weighted by molar-refractivity contribution is 0.827. The molecule has 0 fully saturated rings. The summed E-state index contributed by atoms with van der Waals surface area (Å²) in [6.45, 7) is 0.790. The van der Waals surface area contributed by atoms with Crippen LogP contribution >= 0.6 is 0 Å². The molecule has 0 amide bonds. The van der Waals surface area contributed by atoms with Crippen LogP contribution < -0.4 is 0 Å². The first-order valence-corrected chi connectivity index (χ1v) is 18.4. The molecule has 5 heterocycles. The fourth-order valence-electron chi connectivity index (χ4n) is 8.95. The Hall–Kier alpha value is -7.24. The molecular weight excluding hydrogens is 659 g/mol. The number of fused-ring (bicyclic) bond motifs is 8. The summed E-state index contributed by atoms with van der Waals surface area (Å²) in [5, 5.41) is 4.99. The topological polar surface area (TPSA) is 40.6 Å². The molecular formula is C49H31N5. The van der Waals surface area contributed by atoms with Crippen molar-refractivity contribution in [3.63, 3.8) is 0 Å². The highest BCUT2D eigenvalue weighted by Crippen LogP contribution is 2.41. The van der Waals surface area contributed by atoms with Crippen LogP contribution in [0.25, 0.3) is 99.7 Å². The first-order valence-electron chi connectivity index (χ1n) is 18.4. The Morgan fingerprint density at radius 2 is 0.981 bits per heavy atom. The molecule has 252 valence electrons. The van der Waals surface area contributed by atoms with E-state index in [1.165, 1.54) is 71.6 Å². The molecule has 12 rings (SSSR count). The van der Waals surface area contributed by atoms with Gasteiger partial charge in [0, 0.05) is 50.2 Å². The molecule has 0 bridgehead atoms. The summed E-state index contributed by atoms with van der Waals surface area (Å²) in [5.74, 6) is 0.969. The number of benzene rings is 7. The van der Waals surface area contributed by atoms with Crippen LogP contribution in [0, 0.1) is 0 Å². The average Bonchev–Trinajstić information content (AvgIpc) is 3.89. The van der Waals surface area contributed by atoms with E-state index in [-0.39, 0.29) is 0 Å². The van der Waals surface area contributed by atoms with Crippen molar-refractivity contribution in [1.82, 2.24) is 23.7 Å². The number of nitrogens with zero attached hydrogens (tertiary/aromatic N) is 5. The van der Waals surface area contributed by atoms with Gasteiger partial charge in [0.15, 0.2) is 0 Å². The molecule has 1 aliphatic heterocycles. The minimum Gasteiger partial charge on any atom is -0.319 e. The smallest absolute Gasteiger partial charge is 0.141 e. The van der Waals surface area contributed by atoms with Gasteiger partial charge in [0.1, 0.15) is 11.3 Å². The van der Waals surface area contributed by atoms with Gasteiger partial charge in [-0.25, -0.2) is 4.98 Å². The van der Waals surface area contributed by atoms with Gasteiger partial charge < -0.3 is 13.7 Å². The molecule has 5 nitrogen and oxygen atoms in total. The predicted octanol–water partition coefficient (Wildman–Crippen LogP) is 12.0. The molecule has 7 aromatic carbocycles. The number of imidazole rings is 1. The minimum absolute atomic E-state index is 0.790. The van der Waals surface area contributed by atoms with E-state index in [9.17, 15) is 0 Å². The van der Waals surface area contributed by atoms with E-state index in [4.69, 9.17) is 4.98 Å². The Morgan fingerprint density at radius 3 is 1.67 bits per heavy atom. The number of hydrogen-bond acceptors (Lipinski definition) is 2. The van der Waals surface area contributed by atoms with Crippen LogP contribution in [-0.4, -0.2) is 23.7 Å². The Balaban J connectivity index is 0.970. The summed E-state index contributed by atoms with van der Waals surface area (Å²) in [5.41, 5.74) is 16.4. The van der Waals surface area contributed by atoms with Gasteiger partial charge in [-0.1, -0.05) is 91.0 Å². The number of aromatic nitrogens is 5. The van der Waals surface area contributed by atoms with Crippen LogP contribution in [0.1, 0.15) is 5.56 Å². The monoisotopic (exact) mass is 689 g/mol. The molecule has 0 atom stereocenters. The van der Waals surface area contributed by atoms with E-state index in [2.05, 4.69) is 182 Å². The van der Waals surface area contributed by atoms with Crippen molar-refractivity contribution >= 4 is 54.6 Å². The zero-order chi connectivity index (χ0) is 35.3. The SMILES string of the molecule is c1ccc(-n2c3ccccc3c3cc(-c4ccc5c(c4)c4ccccc4n5-c4ccc(-c5nc6cncc7c6n5Cc5ccccc5-7)cc4)ccc32)cc1. The van der Waals surface area contributed by atoms with Crippen molar-refractivity contribution < 1.29 is 0 Å². The third kappa shape index (κ3) is 4.15. The zero-order valence-electron chi connectivity index (χ0n) is 29.2. The van der Waals surface area contributed by atoms with E-state index in [1.807, 2.05) is 12.4 Å². The fraction of sp³-hybridized carbons (Fsp3) is 0.0204. The predicted molar refractivity (Wildman–Crippen MR) is 222 cm³/mol. The second-order valence-corrected chi connectivity index (χ2v) is 14.3. The number of para-hydroxylation sites is 3. The van der Waals surface area contributed by atoms with Gasteiger partial charge in [-0.15, -0.1) is 0 Å². The maximum Gasteiger partial charge on any atom is 0.141 e. The molecule has 0 spiro atoms. The van der Waals surface area contributed by atoms with Crippen LogP contribution in [0.2, 0.25) is 0 Å². The first kappa shape index (κ1) is 29.3. The lowest BCUT2D eigenvalue weighted by atomic mass is 9.97. The zero-order valence-corrected chi connectivity index (χ0v) is 29.2. The maximum atomic E-state index is 5.11. The van der Waals surface area contributed by atoms with Gasteiger partial charge >= 0.3 is 0 Å².